The zero-order valence-corrected chi connectivity index (χ0v) is 22.9. The van der Waals surface area contributed by atoms with E-state index in [0.717, 1.165) is 24.1 Å². The van der Waals surface area contributed by atoms with Crippen molar-refractivity contribution in [3.8, 4) is 0 Å². The molecule has 1 N–H and O–H groups in total. The number of allylic oxidation sites excluding steroid dienone is 1. The van der Waals surface area contributed by atoms with Crippen molar-refractivity contribution in [1.82, 2.24) is 0 Å². The van der Waals surface area contributed by atoms with Crippen molar-refractivity contribution in [3.05, 3.63) is 12.2 Å². The van der Waals surface area contributed by atoms with E-state index < -0.39 is 35.7 Å². The maximum Gasteiger partial charge on any atom is 0.321 e. The summed E-state index contributed by atoms with van der Waals surface area (Å²) in [5.41, 5.74) is 1.90. The van der Waals surface area contributed by atoms with Gasteiger partial charge in [-0.3, -0.25) is 4.79 Å². The van der Waals surface area contributed by atoms with Crippen molar-refractivity contribution >= 4 is 41.7 Å². The summed E-state index contributed by atoms with van der Waals surface area (Å²) in [4.78, 5) is 22.0. The highest BCUT2D eigenvalue weighted by Crippen LogP contribution is 2.43. The molecule has 1 fully saturated rings. The van der Waals surface area contributed by atoms with Gasteiger partial charge in [-0.2, -0.15) is 0 Å². The average Bonchev–Trinajstić information content (AvgIpc) is 2.58. The number of ether oxygens (including phenoxy) is 1. The van der Waals surface area contributed by atoms with E-state index in [1.165, 1.54) is 6.92 Å². The fourth-order valence-electron chi connectivity index (χ4n) is 3.77. The van der Waals surface area contributed by atoms with Crippen LogP contribution in [0.3, 0.4) is 0 Å². The molecule has 0 aromatic carbocycles. The molecule has 1 aliphatic heterocycles. The van der Waals surface area contributed by atoms with Crippen LogP contribution in [-0.4, -0.2) is 53.1 Å². The summed E-state index contributed by atoms with van der Waals surface area (Å²) in [6.45, 7) is 21.3. The Morgan fingerprint density at radius 2 is 1.79 bits per heavy atom. The molecule has 0 bridgehead atoms. The number of rotatable bonds is 10. The van der Waals surface area contributed by atoms with Crippen molar-refractivity contribution in [3.63, 3.8) is 0 Å². The Kier molecular flexibility index (Phi) is 10.6. The summed E-state index contributed by atoms with van der Waals surface area (Å²) >= 11 is 0. The third-order valence-electron chi connectivity index (χ3n) is 5.07. The van der Waals surface area contributed by atoms with Crippen LogP contribution in [-0.2, 0) is 17.8 Å². The molecule has 3 radical (unpaired) electrons. The minimum atomic E-state index is -2.49. The highest BCUT2D eigenvalue weighted by atomic mass is 28.5. The molecule has 9 heteroatoms. The zero-order valence-electron chi connectivity index (χ0n) is 18.9. The van der Waals surface area contributed by atoms with Crippen molar-refractivity contribution in [1.29, 1.82) is 0 Å². The van der Waals surface area contributed by atoms with Gasteiger partial charge in [-0.1, -0.05) is 47.1 Å². The lowest BCUT2D eigenvalue weighted by molar-refractivity contribution is -0.140. The Balaban J connectivity index is 3.13. The van der Waals surface area contributed by atoms with E-state index in [4.69, 9.17) is 13.0 Å². The van der Waals surface area contributed by atoms with Crippen molar-refractivity contribution in [2.75, 3.05) is 6.61 Å². The molecule has 1 aliphatic rings. The second-order valence-corrected chi connectivity index (χ2v) is 22.4. The van der Waals surface area contributed by atoms with Gasteiger partial charge in [0.25, 0.3) is 0 Å². The minimum Gasteiger partial charge on any atom is -0.466 e. The molecule has 1 rings (SSSR count). The summed E-state index contributed by atoms with van der Waals surface area (Å²) in [6.07, 6.45) is 0.755. The largest absolute Gasteiger partial charge is 0.466 e. The van der Waals surface area contributed by atoms with E-state index in [9.17, 15) is 9.59 Å². The molecule has 0 aromatic rings. The number of hydrogen-bond acceptors (Lipinski definition) is 5. The Morgan fingerprint density at radius 1 is 1.21 bits per heavy atom. The Morgan fingerprint density at radius 3 is 2.25 bits per heavy atom. The molecule has 0 aromatic heterocycles. The first-order chi connectivity index (χ1) is 12.9. The first-order valence-corrected chi connectivity index (χ1v) is 17.3. The fraction of sp³-hybridized carbons (Fsp3) is 0.842. The van der Waals surface area contributed by atoms with Gasteiger partial charge in [0.1, 0.15) is 0 Å². The van der Waals surface area contributed by atoms with Gasteiger partial charge in [0, 0.05) is 13.0 Å². The van der Waals surface area contributed by atoms with Crippen LogP contribution in [0.25, 0.3) is 0 Å². The Bertz CT molecular complexity index is 526. The first-order valence-electron chi connectivity index (χ1n) is 10.3. The molecular weight excluding hydrogens is 421 g/mol. The summed E-state index contributed by atoms with van der Waals surface area (Å²) in [5.74, 6) is -0.246. The van der Waals surface area contributed by atoms with Crippen LogP contribution in [0.15, 0.2) is 12.2 Å². The number of carbonyl (C=O) groups excluding carboxylic acids is 1. The van der Waals surface area contributed by atoms with Crippen molar-refractivity contribution in [2.24, 2.45) is 0 Å². The molecule has 0 saturated carbocycles. The van der Waals surface area contributed by atoms with E-state index in [2.05, 4.69) is 48.1 Å². The van der Waals surface area contributed by atoms with Crippen LogP contribution >= 0.6 is 0 Å². The molecule has 0 spiro atoms. The van der Waals surface area contributed by atoms with Gasteiger partial charge in [-0.05, 0) is 40.8 Å². The molecule has 5 nitrogen and oxygen atoms in total. The molecule has 3 unspecified atom stereocenters. The van der Waals surface area contributed by atoms with E-state index in [-0.39, 0.29) is 11.1 Å². The summed E-state index contributed by atoms with van der Waals surface area (Å²) in [5, 5.41) is 0.674. The maximum atomic E-state index is 11.1. The second-order valence-electron chi connectivity index (χ2n) is 8.67. The van der Waals surface area contributed by atoms with Crippen LogP contribution in [0.4, 0.5) is 0 Å². The van der Waals surface area contributed by atoms with Gasteiger partial charge in [-0.15, -0.1) is 6.58 Å². The van der Waals surface area contributed by atoms with Gasteiger partial charge in [0.05, 0.1) is 6.61 Å². The molecule has 161 valence electrons. The number of carbonyl (C=O) groups is 1. The first kappa shape index (κ1) is 26.0. The van der Waals surface area contributed by atoms with Crippen molar-refractivity contribution in [2.45, 2.75) is 95.3 Å². The Hall–Kier alpha value is -0.0425. The summed E-state index contributed by atoms with van der Waals surface area (Å²) < 4.78 is 18.9. The van der Waals surface area contributed by atoms with Gasteiger partial charge in [0.2, 0.25) is 27.1 Å². The van der Waals surface area contributed by atoms with E-state index in [1.807, 2.05) is 6.92 Å². The van der Waals surface area contributed by atoms with Gasteiger partial charge in [-0.25, -0.2) is 0 Å². The third-order valence-corrected chi connectivity index (χ3v) is 21.4. The van der Waals surface area contributed by atoms with E-state index >= 15 is 0 Å². The molecule has 3 atom stereocenters. The monoisotopic (exact) mass is 459 g/mol. The quantitative estimate of drug-likeness (QED) is 0.223. The zero-order chi connectivity index (χ0) is 21.6. The molecule has 0 amide bonds. The smallest absolute Gasteiger partial charge is 0.321 e. The predicted molar refractivity (Wildman–Crippen MR) is 122 cm³/mol. The lowest BCUT2D eigenvalue weighted by Gasteiger charge is -2.49. The van der Waals surface area contributed by atoms with E-state index in [1.54, 1.807) is 0 Å². The van der Waals surface area contributed by atoms with Crippen LogP contribution in [0, 0.1) is 0 Å². The molecule has 0 aliphatic carbocycles. The fourth-order valence-corrected chi connectivity index (χ4v) is 24.6. The van der Waals surface area contributed by atoms with Gasteiger partial charge in [0.15, 0.2) is 0 Å². The highest BCUT2D eigenvalue weighted by Gasteiger charge is 2.54. The minimum absolute atomic E-state index is 0.246. The highest BCUT2D eigenvalue weighted by molar-refractivity contribution is 6.94. The lowest BCUT2D eigenvalue weighted by atomic mass is 10.4. The maximum absolute atomic E-state index is 11.1. The summed E-state index contributed by atoms with van der Waals surface area (Å²) in [7, 11) is -6.23. The van der Waals surface area contributed by atoms with Crippen LogP contribution in [0.2, 0.25) is 33.5 Å². The SMILES string of the molecule is C=C(C)C[Si]1(CCCOC(C)=O)O[Si](C(C)C)C(C)[Si](C(C)[Si](O)C(C)C)O1. The lowest BCUT2D eigenvalue weighted by Crippen LogP contribution is -2.62. The van der Waals surface area contributed by atoms with E-state index in [0.29, 0.717) is 22.9 Å². The average molecular weight is 460 g/mol. The van der Waals surface area contributed by atoms with Gasteiger partial charge >= 0.3 is 14.5 Å². The molecule has 1 heterocycles. The van der Waals surface area contributed by atoms with Crippen molar-refractivity contribution < 1.29 is 22.6 Å². The predicted octanol–water partition coefficient (Wildman–Crippen LogP) is 4.65. The molecule has 28 heavy (non-hydrogen) atoms. The van der Waals surface area contributed by atoms with Crippen LogP contribution in [0.5, 0.6) is 0 Å². The summed E-state index contributed by atoms with van der Waals surface area (Å²) in [6, 6.07) is 1.60. The second kappa shape index (κ2) is 11.4. The normalized spacial score (nSPS) is 25.5. The number of esters is 1. The molecular formula is C19H39O5Si4. The van der Waals surface area contributed by atoms with Gasteiger partial charge < -0.3 is 17.8 Å². The third kappa shape index (κ3) is 7.33. The Labute approximate surface area is 178 Å². The topological polar surface area (TPSA) is 65.0 Å². The van der Waals surface area contributed by atoms with Crippen LogP contribution < -0.4 is 0 Å². The number of hydrogen-bond donors (Lipinski definition) is 1. The standard InChI is InChI=1S/C19H39O5Si4/c1-14(2)13-28(12-10-11-22-17(7)20)23-26(16(5)6)19(9)27(24-28)18(8)25(21)15(3)4/h15-16,18-19,21H,1,10-13H2,2-9H3. The van der Waals surface area contributed by atoms with Crippen LogP contribution in [0.1, 0.15) is 61.8 Å². The molecule has 1 saturated heterocycles.